The lowest BCUT2D eigenvalue weighted by Gasteiger charge is -2.33. The Kier molecular flexibility index (Phi) is 7.28. The lowest BCUT2D eigenvalue weighted by atomic mass is 10.0. The molecule has 2 aliphatic rings. The van der Waals surface area contributed by atoms with Gasteiger partial charge in [0, 0.05) is 19.1 Å². The minimum absolute atomic E-state index is 0.206. The zero-order valence-electron chi connectivity index (χ0n) is 13.2. The van der Waals surface area contributed by atoms with E-state index < -0.39 is 0 Å². The number of aliphatic hydroxyl groups is 1. The van der Waals surface area contributed by atoms with Crippen molar-refractivity contribution in [1.82, 2.24) is 15.1 Å². The molecule has 4 heteroatoms. The third kappa shape index (κ3) is 5.68. The number of β-amino-alcohol motifs (C(OH)–C–C–N with tert-alkyl or cyclic N) is 1. The first-order valence-electron chi connectivity index (χ1n) is 8.61. The lowest BCUT2D eigenvalue weighted by Crippen LogP contribution is -2.40. The van der Waals surface area contributed by atoms with Gasteiger partial charge in [0.15, 0.2) is 0 Å². The number of likely N-dealkylation sites (tertiary alicyclic amines) is 2. The molecule has 0 saturated carbocycles. The molecule has 0 radical (unpaired) electrons. The molecule has 0 aromatic rings. The van der Waals surface area contributed by atoms with Crippen molar-refractivity contribution in [3.8, 4) is 0 Å². The summed E-state index contributed by atoms with van der Waals surface area (Å²) >= 11 is 0. The van der Waals surface area contributed by atoms with E-state index in [1.54, 1.807) is 0 Å². The molecule has 0 aliphatic carbocycles. The summed E-state index contributed by atoms with van der Waals surface area (Å²) in [6.07, 6.45) is 7.72. The van der Waals surface area contributed by atoms with Crippen molar-refractivity contribution in [1.29, 1.82) is 0 Å². The van der Waals surface area contributed by atoms with Crippen LogP contribution in [-0.2, 0) is 0 Å². The molecule has 118 valence electrons. The molecular formula is C16H33N3O. The summed E-state index contributed by atoms with van der Waals surface area (Å²) in [7, 11) is 0. The molecule has 2 fully saturated rings. The van der Waals surface area contributed by atoms with Crippen LogP contribution in [-0.4, -0.2) is 72.9 Å². The van der Waals surface area contributed by atoms with Gasteiger partial charge in [-0.15, -0.1) is 0 Å². The van der Waals surface area contributed by atoms with Gasteiger partial charge in [-0.05, 0) is 71.8 Å². The minimum atomic E-state index is -0.206. The number of aliphatic hydroxyl groups excluding tert-OH is 1. The van der Waals surface area contributed by atoms with Gasteiger partial charge >= 0.3 is 0 Å². The van der Waals surface area contributed by atoms with Crippen LogP contribution in [0.5, 0.6) is 0 Å². The predicted molar refractivity (Wildman–Crippen MR) is 84.1 cm³/mol. The molecule has 2 atom stereocenters. The Morgan fingerprint density at radius 3 is 2.65 bits per heavy atom. The maximum atomic E-state index is 9.99. The van der Waals surface area contributed by atoms with Gasteiger partial charge in [-0.2, -0.15) is 0 Å². The van der Waals surface area contributed by atoms with E-state index in [0.717, 1.165) is 25.7 Å². The summed E-state index contributed by atoms with van der Waals surface area (Å²) in [6.45, 7) is 9.79. The van der Waals surface area contributed by atoms with E-state index in [-0.39, 0.29) is 6.10 Å². The van der Waals surface area contributed by atoms with Gasteiger partial charge in [0.25, 0.3) is 0 Å². The summed E-state index contributed by atoms with van der Waals surface area (Å²) in [4.78, 5) is 4.99. The van der Waals surface area contributed by atoms with Crippen molar-refractivity contribution in [3.05, 3.63) is 0 Å². The number of rotatable bonds is 8. The maximum Gasteiger partial charge on any atom is 0.0791 e. The second-order valence-corrected chi connectivity index (χ2v) is 6.60. The number of hydrogen-bond acceptors (Lipinski definition) is 4. The topological polar surface area (TPSA) is 38.7 Å². The highest BCUT2D eigenvalue weighted by molar-refractivity contribution is 4.74. The molecule has 4 nitrogen and oxygen atoms in total. The SMILES string of the molecule is CC1CCCCN1CCCNCC(O)CN1CCCC1. The number of piperidine rings is 1. The standard InChI is InChI=1S/C16H33N3O/c1-15-7-2-3-11-19(15)12-6-8-17-13-16(20)14-18-9-4-5-10-18/h15-17,20H,2-14H2,1H3. The van der Waals surface area contributed by atoms with Gasteiger partial charge in [0.05, 0.1) is 6.10 Å². The van der Waals surface area contributed by atoms with E-state index in [1.807, 2.05) is 0 Å². The Morgan fingerprint density at radius 1 is 1.15 bits per heavy atom. The van der Waals surface area contributed by atoms with E-state index in [9.17, 15) is 5.11 Å². The Bertz CT molecular complexity index is 256. The zero-order valence-corrected chi connectivity index (χ0v) is 13.2. The van der Waals surface area contributed by atoms with E-state index >= 15 is 0 Å². The molecule has 2 unspecified atom stereocenters. The Balaban J connectivity index is 1.46. The third-order valence-corrected chi connectivity index (χ3v) is 4.79. The van der Waals surface area contributed by atoms with Crippen LogP contribution in [0.1, 0.15) is 45.4 Å². The average molecular weight is 283 g/mol. The molecule has 0 bridgehead atoms. The van der Waals surface area contributed by atoms with Gasteiger partial charge in [0.2, 0.25) is 0 Å². The summed E-state index contributed by atoms with van der Waals surface area (Å²) in [5.41, 5.74) is 0. The monoisotopic (exact) mass is 283 g/mol. The van der Waals surface area contributed by atoms with Crippen LogP contribution in [0.4, 0.5) is 0 Å². The average Bonchev–Trinajstić information content (AvgIpc) is 2.93. The zero-order chi connectivity index (χ0) is 14.2. The van der Waals surface area contributed by atoms with Gasteiger partial charge < -0.3 is 20.2 Å². The summed E-state index contributed by atoms with van der Waals surface area (Å²) in [5.74, 6) is 0. The van der Waals surface area contributed by atoms with E-state index in [1.165, 1.54) is 64.7 Å². The van der Waals surface area contributed by atoms with E-state index in [4.69, 9.17) is 0 Å². The number of hydrogen-bond donors (Lipinski definition) is 2. The first-order valence-corrected chi connectivity index (χ1v) is 8.61. The Hall–Kier alpha value is -0.160. The Morgan fingerprint density at radius 2 is 1.90 bits per heavy atom. The third-order valence-electron chi connectivity index (χ3n) is 4.79. The van der Waals surface area contributed by atoms with Gasteiger partial charge in [-0.25, -0.2) is 0 Å². The van der Waals surface area contributed by atoms with Crippen molar-refractivity contribution >= 4 is 0 Å². The molecule has 2 rings (SSSR count). The first-order chi connectivity index (χ1) is 9.75. The van der Waals surface area contributed by atoms with Crippen LogP contribution in [0, 0.1) is 0 Å². The van der Waals surface area contributed by atoms with E-state index in [2.05, 4.69) is 22.0 Å². The van der Waals surface area contributed by atoms with Crippen molar-refractivity contribution in [2.24, 2.45) is 0 Å². The summed E-state index contributed by atoms with van der Waals surface area (Å²) < 4.78 is 0. The highest BCUT2D eigenvalue weighted by Gasteiger charge is 2.17. The van der Waals surface area contributed by atoms with Crippen LogP contribution >= 0.6 is 0 Å². The highest BCUT2D eigenvalue weighted by atomic mass is 16.3. The van der Waals surface area contributed by atoms with Gasteiger partial charge in [-0.1, -0.05) is 6.42 Å². The quantitative estimate of drug-likeness (QED) is 0.659. The summed E-state index contributed by atoms with van der Waals surface area (Å²) in [6, 6.07) is 0.768. The van der Waals surface area contributed by atoms with Crippen LogP contribution in [0.3, 0.4) is 0 Å². The van der Waals surface area contributed by atoms with Crippen LogP contribution < -0.4 is 5.32 Å². The molecule has 2 aliphatic heterocycles. The Labute approximate surface area is 124 Å². The fraction of sp³-hybridized carbons (Fsp3) is 1.00. The summed E-state index contributed by atoms with van der Waals surface area (Å²) in [5, 5.41) is 13.4. The molecule has 2 N–H and O–H groups in total. The van der Waals surface area contributed by atoms with Crippen LogP contribution in [0.25, 0.3) is 0 Å². The second-order valence-electron chi connectivity index (χ2n) is 6.60. The van der Waals surface area contributed by atoms with Crippen molar-refractivity contribution < 1.29 is 5.11 Å². The smallest absolute Gasteiger partial charge is 0.0791 e. The fourth-order valence-electron chi connectivity index (χ4n) is 3.49. The number of nitrogens with one attached hydrogen (secondary N) is 1. The van der Waals surface area contributed by atoms with Crippen LogP contribution in [0.15, 0.2) is 0 Å². The predicted octanol–water partition coefficient (Wildman–Crippen LogP) is 1.30. The molecule has 0 amide bonds. The van der Waals surface area contributed by atoms with E-state index in [0.29, 0.717) is 0 Å². The molecule has 2 saturated heterocycles. The van der Waals surface area contributed by atoms with Gasteiger partial charge in [-0.3, -0.25) is 0 Å². The first kappa shape index (κ1) is 16.2. The molecule has 0 spiro atoms. The normalized spacial score (nSPS) is 27.0. The molecule has 20 heavy (non-hydrogen) atoms. The van der Waals surface area contributed by atoms with Crippen molar-refractivity contribution in [2.45, 2.75) is 57.6 Å². The fourth-order valence-corrected chi connectivity index (χ4v) is 3.49. The highest BCUT2D eigenvalue weighted by Crippen LogP contribution is 2.16. The largest absolute Gasteiger partial charge is 0.390 e. The molecule has 0 aromatic carbocycles. The second kappa shape index (κ2) is 8.98. The molecular weight excluding hydrogens is 250 g/mol. The maximum absolute atomic E-state index is 9.99. The molecule has 2 heterocycles. The minimum Gasteiger partial charge on any atom is -0.390 e. The van der Waals surface area contributed by atoms with Crippen molar-refractivity contribution in [2.75, 3.05) is 45.8 Å². The number of nitrogens with zero attached hydrogens (tertiary/aromatic N) is 2. The van der Waals surface area contributed by atoms with Gasteiger partial charge in [0.1, 0.15) is 0 Å². The van der Waals surface area contributed by atoms with Crippen molar-refractivity contribution in [3.63, 3.8) is 0 Å². The van der Waals surface area contributed by atoms with Crippen LogP contribution in [0.2, 0.25) is 0 Å². The molecule has 0 aromatic heterocycles. The lowest BCUT2D eigenvalue weighted by molar-refractivity contribution is 0.122.